The molecule has 0 aliphatic heterocycles. The molecule has 2 rings (SSSR count). The van der Waals surface area contributed by atoms with Crippen molar-refractivity contribution in [2.24, 2.45) is 23.3 Å². The topological polar surface area (TPSA) is 339 Å². The van der Waals surface area contributed by atoms with Gasteiger partial charge in [-0.1, -0.05) is 113 Å². The van der Waals surface area contributed by atoms with Crippen LogP contribution in [-0.2, 0) is 63.6 Å². The van der Waals surface area contributed by atoms with E-state index >= 15 is 0 Å². The third-order valence-corrected chi connectivity index (χ3v) is 5.19. The van der Waals surface area contributed by atoms with E-state index in [1.807, 2.05) is 39.9 Å². The van der Waals surface area contributed by atoms with Crippen LogP contribution < -0.4 is 32.7 Å². The number of alkyl carbamates (subject to hydrolysis) is 2. The number of carboxylic acids is 1. The Morgan fingerprint density at radius 2 is 0.871 bits per heavy atom. The van der Waals surface area contributed by atoms with E-state index in [9.17, 15) is 63.8 Å². The van der Waals surface area contributed by atoms with Crippen molar-refractivity contribution in [3.05, 3.63) is 0 Å². The van der Waals surface area contributed by atoms with Gasteiger partial charge in [-0.05, 0) is 81.4 Å². The van der Waals surface area contributed by atoms with Gasteiger partial charge in [-0.25, -0.2) is 35.6 Å². The predicted octanol–water partition coefficient (Wildman–Crippen LogP) is 10.9. The number of methoxy groups -OCH3 is 2. The summed E-state index contributed by atoms with van der Waals surface area (Å²) in [6.45, 7) is 33.8. The third kappa shape index (κ3) is 805. The summed E-state index contributed by atoms with van der Waals surface area (Å²) in [5, 5.41) is 16.9. The summed E-state index contributed by atoms with van der Waals surface area (Å²) in [5.74, 6) is -3.85. The number of carbonyl (C=O) groups is 8. The molecule has 29 heteroatoms. The molecular weight excluding hydrogens is 1180 g/mol. The zero-order valence-corrected chi connectivity index (χ0v) is 61.4. The number of esters is 1. The summed E-state index contributed by atoms with van der Waals surface area (Å²) in [6, 6.07) is 0. The van der Waals surface area contributed by atoms with E-state index in [0.717, 1.165) is 58.6 Å². The normalized spacial score (nSPS) is 9.91. The van der Waals surface area contributed by atoms with E-state index in [0.29, 0.717) is 18.0 Å². The number of carbonyl (C=O) groups excluding carboxylic acids is 7. The molecule has 9 N–H and O–H groups in total. The van der Waals surface area contributed by atoms with Crippen LogP contribution in [-0.4, -0.2) is 182 Å². The van der Waals surface area contributed by atoms with Gasteiger partial charge in [0.1, 0.15) is 15.6 Å². The van der Waals surface area contributed by atoms with Gasteiger partial charge in [0.2, 0.25) is 29.6 Å². The Hall–Kier alpha value is -4.77. The number of nitrogens with two attached hydrogens (primary N) is 2. The molecule has 0 atom stereocenters. The number of rotatable bonds is 5. The zero-order valence-electron chi connectivity index (χ0n) is 58.9. The van der Waals surface area contributed by atoms with Gasteiger partial charge in [0.05, 0.1) is 25.8 Å². The van der Waals surface area contributed by atoms with Crippen LogP contribution in [0.25, 0.3) is 0 Å². The molecule has 2 aliphatic carbocycles. The Balaban J connectivity index is -0.0000000425. The number of carboxylic acid groups (broad SMARTS) is 1. The maximum atomic E-state index is 11.5. The highest BCUT2D eigenvalue weighted by Gasteiger charge is 2.17. The van der Waals surface area contributed by atoms with E-state index in [1.54, 1.807) is 40.3 Å². The minimum atomic E-state index is -2.67. The van der Waals surface area contributed by atoms with Crippen LogP contribution in [0, 0.1) is 11.8 Å². The molecule has 0 spiro atoms. The molecule has 0 heterocycles. The highest BCUT2D eigenvalue weighted by atomic mass is 32.2. The summed E-state index contributed by atoms with van der Waals surface area (Å²) in [7, 11) is 10.0. The molecule has 2 saturated carbocycles. The fourth-order valence-electron chi connectivity index (χ4n) is 1.25. The monoisotopic (exact) mass is 1310 g/mol. The average Bonchev–Trinajstić information content (AvgIpc) is 4.27. The lowest BCUT2D eigenvalue weighted by Crippen LogP contribution is -2.18. The number of thiocarbonyl (C=S) groups is 1. The van der Waals surface area contributed by atoms with Crippen LogP contribution in [0.3, 0.4) is 0 Å². The minimum absolute atomic E-state index is 0.00463. The summed E-state index contributed by atoms with van der Waals surface area (Å²) in [4.78, 5) is 79.7. The van der Waals surface area contributed by atoms with Crippen molar-refractivity contribution in [1.29, 1.82) is 0 Å². The fourth-order valence-corrected chi connectivity index (χ4v) is 1.25. The SMILES string of the molecule is CC(=O)O.CC(C)(F)F.CC(N)=O.CC(N)=S.CC1CC1.CCC.CCC.CCC(C)(F)F.CCC(C)=O.CCC1CC1.CCNC(C)=O.CCOC(=O)NC.CN(C)C.CNC(=O)OC.CNC(C)=O.COC(C)=O.CS(C)(=O)=O.CS(C)=O. The van der Waals surface area contributed by atoms with Crippen LogP contribution in [0.2, 0.25) is 0 Å². The number of sulfone groups is 1. The van der Waals surface area contributed by atoms with E-state index in [1.165, 1.54) is 108 Å². The number of Topliss-reactive ketones (excluding diaryl/α,β-unsaturated/α-hetero) is 1. The summed E-state index contributed by atoms with van der Waals surface area (Å²) in [6.07, 6.45) is 15.3. The number of alkyl halides is 4. The second-order valence-corrected chi connectivity index (χ2v) is 22.4. The first kappa shape index (κ1) is 122. The number of ketones is 1. The molecule has 85 heavy (non-hydrogen) atoms. The Labute approximate surface area is 523 Å². The first-order valence-electron chi connectivity index (χ1n) is 27.1. The molecule has 524 valence electrons. The second-order valence-electron chi connectivity index (χ2n) is 18.0. The summed E-state index contributed by atoms with van der Waals surface area (Å²) in [5.41, 5.74) is 9.31. The van der Waals surface area contributed by atoms with Crippen LogP contribution in [0.1, 0.15) is 196 Å². The number of hydrogen-bond acceptors (Lipinski definition) is 16. The Kier molecular flexibility index (Phi) is 141. The highest BCUT2D eigenvalue weighted by molar-refractivity contribution is 7.89. The quantitative estimate of drug-likeness (QED) is 0.0582. The molecule has 22 nitrogen and oxygen atoms in total. The number of aliphatic carboxylic acids is 1. The van der Waals surface area contributed by atoms with Crippen molar-refractivity contribution in [2.45, 2.75) is 208 Å². The number of nitrogens with one attached hydrogen (secondary N) is 4. The molecule has 0 radical (unpaired) electrons. The smallest absolute Gasteiger partial charge is 0.406 e. The number of amides is 5. The maximum Gasteiger partial charge on any atom is 0.406 e. The van der Waals surface area contributed by atoms with Gasteiger partial charge < -0.3 is 61.7 Å². The highest BCUT2D eigenvalue weighted by Crippen LogP contribution is 2.31. The van der Waals surface area contributed by atoms with Crippen molar-refractivity contribution in [1.82, 2.24) is 26.2 Å². The minimum Gasteiger partial charge on any atom is -0.481 e. The first-order valence-corrected chi connectivity index (χ1v) is 31.8. The molecule has 2 fully saturated rings. The van der Waals surface area contributed by atoms with Gasteiger partial charge >= 0.3 is 18.2 Å². The van der Waals surface area contributed by atoms with Crippen LogP contribution in [0.15, 0.2) is 0 Å². The third-order valence-electron chi connectivity index (χ3n) is 5.19. The number of ether oxygens (including phenoxy) is 3. The lowest BCUT2D eigenvalue weighted by molar-refractivity contribution is -0.138. The van der Waals surface area contributed by atoms with Gasteiger partial charge in [0.25, 0.3) is 5.97 Å². The predicted molar refractivity (Wildman–Crippen MR) is 352 cm³/mol. The fraction of sp³-hybridized carbons (Fsp3) is 0.839. The maximum absolute atomic E-state index is 11.5. The van der Waals surface area contributed by atoms with Crippen molar-refractivity contribution in [3.8, 4) is 0 Å². The second kappa shape index (κ2) is 98.3. The summed E-state index contributed by atoms with van der Waals surface area (Å²) < 4.78 is 86.5. The lowest BCUT2D eigenvalue weighted by atomic mass is 10.3. The molecule has 0 aromatic carbocycles. The molecule has 5 amide bonds. The molecule has 0 saturated heterocycles. The lowest BCUT2D eigenvalue weighted by Gasteiger charge is -2.02. The van der Waals surface area contributed by atoms with Crippen molar-refractivity contribution >= 4 is 85.5 Å². The Morgan fingerprint density at radius 3 is 0.882 bits per heavy atom. The molecule has 0 unspecified atom stereocenters. The van der Waals surface area contributed by atoms with E-state index in [4.69, 9.17) is 15.6 Å². The number of hydrogen-bond donors (Lipinski definition) is 7. The van der Waals surface area contributed by atoms with Gasteiger partial charge in [-0.2, -0.15) is 0 Å². The zero-order chi connectivity index (χ0) is 72.7. The van der Waals surface area contributed by atoms with Crippen molar-refractivity contribution < 1.29 is 87.9 Å². The molecular formula is C56H129F4N7O15S3. The molecule has 2 aliphatic rings. The van der Waals surface area contributed by atoms with Crippen LogP contribution in [0.5, 0.6) is 0 Å². The Morgan fingerprint density at radius 1 is 0.671 bits per heavy atom. The first-order chi connectivity index (χ1) is 38.1. The van der Waals surface area contributed by atoms with E-state index < -0.39 is 44.5 Å². The van der Waals surface area contributed by atoms with Crippen molar-refractivity contribution in [2.75, 3.05) is 94.7 Å². The van der Waals surface area contributed by atoms with Gasteiger partial charge in [-0.3, -0.25) is 28.2 Å². The number of nitrogens with zero attached hydrogens (tertiary/aromatic N) is 1. The standard InChI is InChI=1S/C5H10.C4H8F2.C4H9NO2.C4H9NO.C4H8O.C4H8.C3H6F2.C3H7NO2.C3H7NO.C3H9N.C3H6O2.2C3H8.C2H5NO.C2H5NS.C2H6O2S.C2H4O2.C2H6OS/c1-2-5-3-4-5;1-3-4(2,5)6;1-3-7-4(6)5-2;1-3-5-4(2)6;1-3-4(2)5;1-4-2-3-4;1-3(2,4)5;1-4-3(5)6-2;1-3(5)4-2;1-4(2)3;1-3(4)5-2;2*1-3-2;2*1-2(3)4;1-5(2,3)4;1-2(3)4;1-4(2)3/h5H,2-4H2,1H3;3H2,1-2H3;3H2,1-2H3,(H,5,6);3H2,1-2H3,(H,5,6);3H2,1-2H3;4H,2-3H2,1H3;1-2H3;1-2H3,(H,4,5);1-2H3,(H,4,5);1-3H3;1-2H3;2*3H2,1-2H3;2*1H3,(H2,3,4);1-2H3;1H3,(H,3,4);1-2H3. The average molecular weight is 1310 g/mol. The van der Waals surface area contributed by atoms with E-state index in [-0.39, 0.29) is 42.0 Å². The molecule has 0 aromatic heterocycles. The molecule has 0 bridgehead atoms. The van der Waals surface area contributed by atoms with Gasteiger partial charge in [0, 0.05) is 111 Å². The van der Waals surface area contributed by atoms with E-state index in [2.05, 4.69) is 95.0 Å². The molecule has 0 aromatic rings. The van der Waals surface area contributed by atoms with Crippen molar-refractivity contribution in [3.63, 3.8) is 0 Å². The number of halogens is 4. The Bertz CT molecular complexity index is 1470. The van der Waals surface area contributed by atoms with Crippen LogP contribution in [0.4, 0.5) is 27.2 Å². The van der Waals surface area contributed by atoms with Crippen LogP contribution >= 0.6 is 12.2 Å². The summed E-state index contributed by atoms with van der Waals surface area (Å²) >= 11 is 4.31. The largest absolute Gasteiger partial charge is 0.481 e. The number of primary amides is 1. The van der Waals surface area contributed by atoms with Gasteiger partial charge in [-0.15, -0.1) is 0 Å². The van der Waals surface area contributed by atoms with Gasteiger partial charge in [0.15, 0.2) is 0 Å².